The minimum absolute atomic E-state index is 0.00868. The highest BCUT2D eigenvalue weighted by Gasteiger charge is 2.42. The lowest BCUT2D eigenvalue weighted by Crippen LogP contribution is -2.55. The number of likely N-dealkylation sites (tertiary alicyclic amines) is 1. The van der Waals surface area contributed by atoms with Crippen LogP contribution < -0.4 is 16.2 Å². The van der Waals surface area contributed by atoms with Crippen molar-refractivity contribution < 1.29 is 24.0 Å². The number of carbonyl (C=O) groups is 5. The molecule has 5 fully saturated rings. The fraction of sp³-hybridized carbons (Fsp3) is 0.844. The van der Waals surface area contributed by atoms with E-state index in [0.717, 1.165) is 83.5 Å². The van der Waals surface area contributed by atoms with Gasteiger partial charge in [0.1, 0.15) is 6.29 Å². The van der Waals surface area contributed by atoms with E-state index in [2.05, 4.69) is 21.1 Å². The van der Waals surface area contributed by atoms with Crippen LogP contribution in [0.15, 0.2) is 0 Å². The molecule has 11 heteroatoms. The van der Waals surface area contributed by atoms with Crippen LogP contribution in [0.25, 0.3) is 0 Å². The lowest BCUT2D eigenvalue weighted by atomic mass is 9.69. The maximum absolute atomic E-state index is 13.1. The second-order valence-corrected chi connectivity index (χ2v) is 14.7. The fourth-order valence-corrected chi connectivity index (χ4v) is 8.55. The highest BCUT2D eigenvalue weighted by Crippen LogP contribution is 2.40. The topological polar surface area (TPSA) is 128 Å². The maximum atomic E-state index is 13.1. The molecule has 1 aliphatic heterocycles. The lowest BCUT2D eigenvalue weighted by Gasteiger charge is -2.40. The average molecular weight is 620 g/mol. The van der Waals surface area contributed by atoms with Gasteiger partial charge in [0.25, 0.3) is 0 Å². The van der Waals surface area contributed by atoms with Crippen molar-refractivity contribution in [2.24, 2.45) is 29.6 Å². The Bertz CT molecular complexity index is 968. The monoisotopic (exact) mass is 619 g/mol. The minimum atomic E-state index is -0.545. The molecule has 3 N–H and O–H groups in total. The Morgan fingerprint density at radius 3 is 2.40 bits per heavy atom. The molecule has 1 heterocycles. The maximum Gasteiger partial charge on any atom is 0.244 e. The van der Waals surface area contributed by atoms with Crippen molar-refractivity contribution in [1.82, 2.24) is 26.0 Å². The summed E-state index contributed by atoms with van der Waals surface area (Å²) in [6, 6.07) is -0.0530. The second-order valence-electron chi connectivity index (χ2n) is 13.5. The lowest BCUT2D eigenvalue weighted by molar-refractivity contribution is -0.139. The Morgan fingerprint density at radius 2 is 1.67 bits per heavy atom. The number of aldehydes is 1. The predicted octanol–water partition coefficient (Wildman–Crippen LogP) is 2.91. The van der Waals surface area contributed by atoms with Crippen molar-refractivity contribution in [2.75, 3.05) is 39.5 Å². The number of rotatable bonds is 14. The first-order chi connectivity index (χ1) is 20.8. The molecule has 4 aliphatic carbocycles. The Morgan fingerprint density at radius 1 is 0.953 bits per heavy atom. The Kier molecular flexibility index (Phi) is 13.3. The number of nitrogens with one attached hydrogen (secondary N) is 3. The molecule has 43 heavy (non-hydrogen) atoms. The van der Waals surface area contributed by atoms with E-state index in [0.29, 0.717) is 24.9 Å². The molecule has 5 unspecified atom stereocenters. The average Bonchev–Trinajstić information content (AvgIpc) is 3.35. The van der Waals surface area contributed by atoms with Crippen molar-refractivity contribution in [3.63, 3.8) is 0 Å². The summed E-state index contributed by atoms with van der Waals surface area (Å²) in [4.78, 5) is 66.7. The van der Waals surface area contributed by atoms with E-state index in [4.69, 9.17) is 0 Å². The molecule has 5 aliphatic rings. The smallest absolute Gasteiger partial charge is 0.244 e. The first kappa shape index (κ1) is 33.9. The summed E-state index contributed by atoms with van der Waals surface area (Å²) < 4.78 is 0. The first-order valence-corrected chi connectivity index (χ1v) is 17.7. The van der Waals surface area contributed by atoms with Crippen LogP contribution in [0.4, 0.5) is 0 Å². The number of amides is 4. The molecule has 1 saturated heterocycles. The van der Waals surface area contributed by atoms with E-state index in [9.17, 15) is 24.0 Å². The van der Waals surface area contributed by atoms with Gasteiger partial charge in [-0.05, 0) is 103 Å². The largest absolute Gasteiger partial charge is 0.356 e. The first-order valence-electron chi connectivity index (χ1n) is 16.6. The molecular formula is C32H53N5O5S. The summed E-state index contributed by atoms with van der Waals surface area (Å²) in [5.74, 6) is 0.468. The van der Waals surface area contributed by atoms with Crippen LogP contribution in [0, 0.1) is 29.6 Å². The van der Waals surface area contributed by atoms with Crippen molar-refractivity contribution >= 4 is 41.7 Å². The standard InChI is InChI=1S/C32H53N5O5S/c1-36(2)17-7-6-16-33-31(41)25-12-10-22(11-13-25)19-37-29(40)18-27(32(37)42)43-21-28(39)34-35-30-24-9-5-3-4-8-23(14-15-24)26(30)20-38/h20,22-27,30,35H,3-19,21H2,1-2H3,(H,33,41)(H,34,39). The number of thioether (sulfide) groups is 1. The van der Waals surface area contributed by atoms with Gasteiger partial charge in [-0.2, -0.15) is 0 Å². The van der Waals surface area contributed by atoms with Crippen LogP contribution in [0.5, 0.6) is 0 Å². The molecular weight excluding hydrogens is 566 g/mol. The third-order valence-corrected chi connectivity index (χ3v) is 11.4. The van der Waals surface area contributed by atoms with E-state index in [1.54, 1.807) is 0 Å². The number of imide groups is 1. The summed E-state index contributed by atoms with van der Waals surface area (Å²) in [5, 5.41) is 2.53. The van der Waals surface area contributed by atoms with Crippen LogP contribution in [-0.2, 0) is 24.0 Å². The van der Waals surface area contributed by atoms with Crippen LogP contribution in [-0.4, -0.2) is 90.5 Å². The van der Waals surface area contributed by atoms with E-state index in [1.165, 1.54) is 29.5 Å². The van der Waals surface area contributed by atoms with Crippen LogP contribution in [0.2, 0.25) is 0 Å². The van der Waals surface area contributed by atoms with Crippen LogP contribution >= 0.6 is 11.8 Å². The molecule has 2 bridgehead atoms. The predicted molar refractivity (Wildman–Crippen MR) is 168 cm³/mol. The van der Waals surface area contributed by atoms with Gasteiger partial charge in [0.15, 0.2) is 0 Å². The number of fused-ring (bicyclic) bond motifs is 6. The molecule has 10 nitrogen and oxygen atoms in total. The molecule has 0 aromatic carbocycles. The highest BCUT2D eigenvalue weighted by atomic mass is 32.2. The van der Waals surface area contributed by atoms with Crippen molar-refractivity contribution in [3.05, 3.63) is 0 Å². The van der Waals surface area contributed by atoms with Gasteiger partial charge in [0.05, 0.1) is 11.0 Å². The summed E-state index contributed by atoms with van der Waals surface area (Å²) in [6.07, 6.45) is 14.3. The molecule has 242 valence electrons. The Hall–Kier alpha value is -1.98. The molecule has 5 atom stereocenters. The zero-order valence-corrected chi connectivity index (χ0v) is 27.0. The van der Waals surface area contributed by atoms with E-state index >= 15 is 0 Å². The third kappa shape index (κ3) is 9.75. The molecule has 0 spiro atoms. The zero-order chi connectivity index (χ0) is 30.8. The summed E-state index contributed by atoms with van der Waals surface area (Å²) in [6.45, 7) is 2.12. The van der Waals surface area contributed by atoms with Gasteiger partial charge in [-0.25, -0.2) is 5.43 Å². The van der Waals surface area contributed by atoms with Gasteiger partial charge < -0.3 is 15.0 Å². The number of hydrazine groups is 1. The normalized spacial score (nSPS) is 31.4. The summed E-state index contributed by atoms with van der Waals surface area (Å²) >= 11 is 1.22. The van der Waals surface area contributed by atoms with Gasteiger partial charge in [0, 0.05) is 37.4 Å². The van der Waals surface area contributed by atoms with E-state index in [1.807, 2.05) is 14.1 Å². The van der Waals surface area contributed by atoms with E-state index < -0.39 is 5.25 Å². The number of carbonyl (C=O) groups excluding carboxylic acids is 5. The highest BCUT2D eigenvalue weighted by molar-refractivity contribution is 8.01. The second kappa shape index (κ2) is 16.9. The van der Waals surface area contributed by atoms with Gasteiger partial charge in [-0.3, -0.25) is 29.5 Å². The van der Waals surface area contributed by atoms with Crippen molar-refractivity contribution in [1.29, 1.82) is 0 Å². The van der Waals surface area contributed by atoms with Crippen molar-refractivity contribution in [2.45, 2.75) is 101 Å². The fourth-order valence-electron chi connectivity index (χ4n) is 7.59. The van der Waals surface area contributed by atoms with Gasteiger partial charge in [-0.1, -0.05) is 19.3 Å². The Labute approximate surface area is 261 Å². The third-order valence-electron chi connectivity index (χ3n) is 10.2. The molecule has 4 amide bonds. The summed E-state index contributed by atoms with van der Waals surface area (Å²) in [5.41, 5.74) is 6.02. The number of hydrogen-bond acceptors (Lipinski definition) is 8. The van der Waals surface area contributed by atoms with Gasteiger partial charge in [0.2, 0.25) is 23.6 Å². The molecule has 5 rings (SSSR count). The Balaban J connectivity index is 1.15. The quantitative estimate of drug-likeness (QED) is 0.117. The molecule has 0 aromatic rings. The van der Waals surface area contributed by atoms with Crippen molar-refractivity contribution in [3.8, 4) is 0 Å². The zero-order valence-electron chi connectivity index (χ0n) is 26.2. The van der Waals surface area contributed by atoms with Gasteiger partial charge >= 0.3 is 0 Å². The minimum Gasteiger partial charge on any atom is -0.356 e. The molecule has 4 saturated carbocycles. The SMILES string of the molecule is CN(C)CCCCNC(=O)C1CCC(CN2C(=O)CC(SCC(=O)NNC3C4CCCCCC(CC4)C3C=O)C2=O)CC1. The van der Waals surface area contributed by atoms with Crippen LogP contribution in [0.1, 0.15) is 89.9 Å². The summed E-state index contributed by atoms with van der Waals surface area (Å²) in [7, 11) is 4.09. The molecule has 0 radical (unpaired) electrons. The number of nitrogens with zero attached hydrogens (tertiary/aromatic N) is 2. The number of hydrogen-bond donors (Lipinski definition) is 3. The van der Waals surface area contributed by atoms with Crippen LogP contribution in [0.3, 0.4) is 0 Å². The van der Waals surface area contributed by atoms with E-state index in [-0.39, 0.29) is 59.6 Å². The molecule has 0 aromatic heterocycles. The number of unbranched alkanes of at least 4 members (excludes halogenated alkanes) is 1. The van der Waals surface area contributed by atoms with Gasteiger partial charge in [-0.15, -0.1) is 11.8 Å².